The van der Waals surface area contributed by atoms with Gasteiger partial charge >= 0.3 is 6.09 Å². The van der Waals surface area contributed by atoms with Crippen LogP contribution in [0.5, 0.6) is 0 Å². The van der Waals surface area contributed by atoms with Crippen LogP contribution in [0.4, 0.5) is 16.2 Å². The van der Waals surface area contributed by atoms with Crippen LogP contribution in [-0.4, -0.2) is 29.1 Å². The number of H-pyrrole nitrogens is 1. The van der Waals surface area contributed by atoms with Crippen molar-refractivity contribution in [1.82, 2.24) is 10.3 Å². The maximum absolute atomic E-state index is 13.1. The van der Waals surface area contributed by atoms with Crippen LogP contribution >= 0.6 is 0 Å². The molecule has 1 heterocycles. The van der Waals surface area contributed by atoms with Crippen LogP contribution in [-0.2, 0) is 17.6 Å². The number of para-hydroxylation sites is 3. The molecule has 0 aliphatic heterocycles. The second-order valence-electron chi connectivity index (χ2n) is 10.7. The highest BCUT2D eigenvalue weighted by atomic mass is 16.6. The van der Waals surface area contributed by atoms with Gasteiger partial charge in [-0.25, -0.2) is 4.79 Å². The summed E-state index contributed by atoms with van der Waals surface area (Å²) in [5.74, 6) is -0.220. The van der Waals surface area contributed by atoms with Gasteiger partial charge in [0.15, 0.2) is 0 Å². The molecule has 3 aromatic carbocycles. The van der Waals surface area contributed by atoms with Gasteiger partial charge in [0.1, 0.15) is 5.60 Å². The lowest BCUT2D eigenvalue weighted by atomic mass is 10.0. The van der Waals surface area contributed by atoms with E-state index in [1.165, 1.54) is 27.6 Å². The lowest BCUT2D eigenvalue weighted by Crippen LogP contribution is -2.27. The van der Waals surface area contributed by atoms with E-state index in [0.717, 1.165) is 25.8 Å². The summed E-state index contributed by atoms with van der Waals surface area (Å²) in [4.78, 5) is 28.7. The van der Waals surface area contributed by atoms with Gasteiger partial charge < -0.3 is 20.4 Å². The Labute approximate surface area is 223 Å². The van der Waals surface area contributed by atoms with E-state index in [1.54, 1.807) is 39.0 Å². The molecule has 4 aromatic rings. The topological polar surface area (TPSA) is 95.2 Å². The number of amides is 2. The van der Waals surface area contributed by atoms with Gasteiger partial charge in [-0.3, -0.25) is 10.1 Å². The zero-order valence-electron chi connectivity index (χ0n) is 22.1. The predicted octanol–water partition coefficient (Wildman–Crippen LogP) is 6.59. The zero-order valence-corrected chi connectivity index (χ0v) is 22.1. The molecule has 5 rings (SSSR count). The Morgan fingerprint density at radius 3 is 2.50 bits per heavy atom. The van der Waals surface area contributed by atoms with Crippen LogP contribution in [0, 0.1) is 0 Å². The second kappa shape index (κ2) is 10.7. The van der Waals surface area contributed by atoms with Gasteiger partial charge in [-0.15, -0.1) is 0 Å². The molecule has 7 heteroatoms. The number of aryl methyl sites for hydroxylation is 1. The molecule has 7 nitrogen and oxygen atoms in total. The monoisotopic (exact) mass is 510 g/mol. The van der Waals surface area contributed by atoms with Crippen molar-refractivity contribution in [3.63, 3.8) is 0 Å². The molecule has 0 bridgehead atoms. The van der Waals surface area contributed by atoms with Crippen molar-refractivity contribution in [2.75, 3.05) is 17.2 Å². The van der Waals surface area contributed by atoms with Crippen molar-refractivity contribution in [2.24, 2.45) is 0 Å². The summed E-state index contributed by atoms with van der Waals surface area (Å²) in [5, 5.41) is 10.6. The van der Waals surface area contributed by atoms with Crippen LogP contribution < -0.4 is 16.0 Å². The molecule has 0 spiro atoms. The third-order valence-corrected chi connectivity index (χ3v) is 6.75. The number of benzene rings is 3. The standard InChI is InChI=1S/C31H34N4O3/c1-31(2,3)38-30(37)35-28-11-7-6-10-27(28)34-29(36)21-12-14-24-20(18-21)13-15-26(24)32-17-16-22-19-33-25-9-5-4-8-23(22)25/h4-12,14,18-19,26,32-33H,13,15-17H2,1-3H3,(H,34,36)(H,35,37). The van der Waals surface area contributed by atoms with Crippen LogP contribution in [0.3, 0.4) is 0 Å². The van der Waals surface area contributed by atoms with Gasteiger partial charge in [0.05, 0.1) is 11.4 Å². The number of fused-ring (bicyclic) bond motifs is 2. The molecular formula is C31H34N4O3. The fourth-order valence-corrected chi connectivity index (χ4v) is 5.00. The fraction of sp³-hybridized carbons (Fsp3) is 0.290. The van der Waals surface area contributed by atoms with E-state index in [-0.39, 0.29) is 11.9 Å². The highest BCUT2D eigenvalue weighted by Gasteiger charge is 2.24. The van der Waals surface area contributed by atoms with Crippen LogP contribution in [0.1, 0.15) is 60.3 Å². The van der Waals surface area contributed by atoms with Gasteiger partial charge in [-0.05, 0) is 93.6 Å². The molecule has 1 unspecified atom stereocenters. The number of nitrogens with one attached hydrogen (secondary N) is 4. The van der Waals surface area contributed by atoms with Crippen molar-refractivity contribution >= 4 is 34.3 Å². The maximum Gasteiger partial charge on any atom is 0.412 e. The lowest BCUT2D eigenvalue weighted by molar-refractivity contribution is 0.0635. The first-order valence-corrected chi connectivity index (χ1v) is 13.1. The number of hydrogen-bond donors (Lipinski definition) is 4. The fourth-order valence-electron chi connectivity index (χ4n) is 5.00. The minimum absolute atomic E-state index is 0.220. The Balaban J connectivity index is 1.20. The largest absolute Gasteiger partial charge is 0.444 e. The van der Waals surface area contributed by atoms with Gasteiger partial charge in [0.25, 0.3) is 5.91 Å². The SMILES string of the molecule is CC(C)(C)OC(=O)Nc1ccccc1NC(=O)c1ccc2c(c1)CCC2NCCc1c[nH]c2ccccc12. The van der Waals surface area contributed by atoms with E-state index in [1.807, 2.05) is 24.3 Å². The first kappa shape index (κ1) is 25.5. The van der Waals surface area contributed by atoms with Crippen LogP contribution in [0.2, 0.25) is 0 Å². The van der Waals surface area contributed by atoms with E-state index < -0.39 is 11.7 Å². The number of aromatic nitrogens is 1. The van der Waals surface area contributed by atoms with Gasteiger partial charge in [0, 0.05) is 28.7 Å². The number of anilines is 2. The quantitative estimate of drug-likeness (QED) is 0.226. The van der Waals surface area contributed by atoms with Crippen molar-refractivity contribution in [3.05, 3.63) is 95.2 Å². The summed E-state index contributed by atoms with van der Waals surface area (Å²) >= 11 is 0. The number of hydrogen-bond acceptors (Lipinski definition) is 4. The molecule has 1 aliphatic carbocycles. The molecule has 1 aliphatic rings. The molecule has 2 amide bonds. The Hall–Kier alpha value is -4.10. The van der Waals surface area contributed by atoms with E-state index in [9.17, 15) is 9.59 Å². The molecule has 1 aromatic heterocycles. The summed E-state index contributed by atoms with van der Waals surface area (Å²) in [5.41, 5.74) is 5.92. The molecule has 38 heavy (non-hydrogen) atoms. The number of ether oxygens (including phenoxy) is 1. The third-order valence-electron chi connectivity index (χ3n) is 6.75. The van der Waals surface area contributed by atoms with Crippen LogP contribution in [0.25, 0.3) is 10.9 Å². The van der Waals surface area contributed by atoms with Crippen LogP contribution in [0.15, 0.2) is 72.9 Å². The lowest BCUT2D eigenvalue weighted by Gasteiger charge is -2.20. The Morgan fingerprint density at radius 1 is 0.974 bits per heavy atom. The number of carbonyl (C=O) groups excluding carboxylic acids is 2. The van der Waals surface area contributed by atoms with Gasteiger partial charge in [-0.2, -0.15) is 0 Å². The van der Waals surface area contributed by atoms with E-state index in [2.05, 4.69) is 51.4 Å². The molecule has 0 saturated carbocycles. The van der Waals surface area contributed by atoms with E-state index in [4.69, 9.17) is 4.74 Å². The highest BCUT2D eigenvalue weighted by Crippen LogP contribution is 2.32. The van der Waals surface area contributed by atoms with E-state index in [0.29, 0.717) is 16.9 Å². The van der Waals surface area contributed by atoms with E-state index >= 15 is 0 Å². The summed E-state index contributed by atoms with van der Waals surface area (Å²) in [6, 6.07) is 21.7. The molecule has 0 fully saturated rings. The minimum Gasteiger partial charge on any atom is -0.444 e. The first-order valence-electron chi connectivity index (χ1n) is 13.1. The van der Waals surface area contributed by atoms with Crippen molar-refractivity contribution in [2.45, 2.75) is 51.7 Å². The number of carbonyl (C=O) groups is 2. The smallest absolute Gasteiger partial charge is 0.412 e. The average Bonchev–Trinajstić information content (AvgIpc) is 3.48. The molecule has 0 saturated heterocycles. The molecule has 4 N–H and O–H groups in total. The molecule has 1 atom stereocenters. The molecule has 0 radical (unpaired) electrons. The zero-order chi connectivity index (χ0) is 26.7. The predicted molar refractivity (Wildman–Crippen MR) is 152 cm³/mol. The molecular weight excluding hydrogens is 476 g/mol. The van der Waals surface area contributed by atoms with Crippen molar-refractivity contribution in [1.29, 1.82) is 0 Å². The number of rotatable bonds is 7. The normalized spacial score (nSPS) is 14.8. The Bertz CT molecular complexity index is 1470. The summed E-state index contributed by atoms with van der Waals surface area (Å²) in [6.45, 7) is 6.30. The van der Waals surface area contributed by atoms with Gasteiger partial charge in [0.2, 0.25) is 0 Å². The summed E-state index contributed by atoms with van der Waals surface area (Å²) in [7, 11) is 0. The Morgan fingerprint density at radius 2 is 1.71 bits per heavy atom. The average molecular weight is 511 g/mol. The second-order valence-corrected chi connectivity index (χ2v) is 10.7. The third kappa shape index (κ3) is 5.89. The summed E-state index contributed by atoms with van der Waals surface area (Å²) in [6.07, 6.45) is 4.42. The summed E-state index contributed by atoms with van der Waals surface area (Å²) < 4.78 is 5.34. The maximum atomic E-state index is 13.1. The van der Waals surface area contributed by atoms with Crippen molar-refractivity contribution < 1.29 is 14.3 Å². The Kier molecular flexibility index (Phi) is 7.20. The number of aromatic amines is 1. The van der Waals surface area contributed by atoms with Crippen molar-refractivity contribution in [3.8, 4) is 0 Å². The highest BCUT2D eigenvalue weighted by molar-refractivity contribution is 6.07. The minimum atomic E-state index is -0.615. The molecule has 196 valence electrons. The van der Waals surface area contributed by atoms with Gasteiger partial charge in [-0.1, -0.05) is 36.4 Å². The first-order chi connectivity index (χ1) is 18.3.